The molecule has 1 unspecified atom stereocenters. The van der Waals surface area contributed by atoms with E-state index in [1.165, 1.54) is 18.5 Å². The molecule has 1 aliphatic heterocycles. The van der Waals surface area contributed by atoms with Crippen molar-refractivity contribution in [3.63, 3.8) is 0 Å². The van der Waals surface area contributed by atoms with E-state index < -0.39 is 0 Å². The zero-order chi connectivity index (χ0) is 12.1. The highest BCUT2D eigenvalue weighted by atomic mass is 35.5. The third kappa shape index (κ3) is 3.98. The Morgan fingerprint density at radius 2 is 2.35 bits per heavy atom. The molecule has 2 nitrogen and oxygen atoms in total. The maximum Gasteiger partial charge on any atom is 0.0408 e. The minimum atomic E-state index is 0.636. The summed E-state index contributed by atoms with van der Waals surface area (Å²) in [6.07, 6.45) is 2.34. The Balaban J connectivity index is 1.88. The Morgan fingerprint density at radius 1 is 1.47 bits per heavy atom. The molecule has 0 aromatic heterocycles. The normalized spacial score (nSPS) is 22.4. The van der Waals surface area contributed by atoms with Gasteiger partial charge in [-0.15, -0.1) is 0 Å². The maximum absolute atomic E-state index is 6.00. The SMILES string of the molecule is CC1CNCCCN1CCc1cccc(Cl)c1. The maximum atomic E-state index is 6.00. The van der Waals surface area contributed by atoms with Crippen LogP contribution in [-0.4, -0.2) is 37.1 Å². The van der Waals surface area contributed by atoms with Crippen molar-refractivity contribution in [3.05, 3.63) is 34.9 Å². The Hall–Kier alpha value is -0.570. The molecule has 1 saturated heterocycles. The second-order valence-electron chi connectivity index (χ2n) is 4.82. The molecule has 1 atom stereocenters. The number of halogens is 1. The molecule has 1 fully saturated rings. The molecule has 17 heavy (non-hydrogen) atoms. The number of nitrogens with zero attached hydrogens (tertiary/aromatic N) is 1. The molecule has 94 valence electrons. The van der Waals surface area contributed by atoms with Crippen LogP contribution in [0.3, 0.4) is 0 Å². The van der Waals surface area contributed by atoms with E-state index in [0.717, 1.165) is 31.1 Å². The molecule has 0 bridgehead atoms. The number of hydrogen-bond donors (Lipinski definition) is 1. The number of hydrogen-bond acceptors (Lipinski definition) is 2. The Labute approximate surface area is 109 Å². The zero-order valence-corrected chi connectivity index (χ0v) is 11.2. The number of rotatable bonds is 3. The second-order valence-corrected chi connectivity index (χ2v) is 5.26. The third-order valence-corrected chi connectivity index (χ3v) is 3.67. The Bertz CT molecular complexity index is 354. The Morgan fingerprint density at radius 3 is 3.18 bits per heavy atom. The highest BCUT2D eigenvalue weighted by molar-refractivity contribution is 6.30. The van der Waals surface area contributed by atoms with E-state index in [1.54, 1.807) is 0 Å². The van der Waals surface area contributed by atoms with Gasteiger partial charge < -0.3 is 5.32 Å². The van der Waals surface area contributed by atoms with Crippen LogP contribution in [-0.2, 0) is 6.42 Å². The molecule has 3 heteroatoms. The first-order chi connectivity index (χ1) is 8.25. The predicted molar refractivity (Wildman–Crippen MR) is 73.7 cm³/mol. The summed E-state index contributed by atoms with van der Waals surface area (Å²) in [7, 11) is 0. The van der Waals surface area contributed by atoms with Gasteiger partial charge in [0.05, 0.1) is 0 Å². The topological polar surface area (TPSA) is 15.3 Å². The number of nitrogens with one attached hydrogen (secondary N) is 1. The second kappa shape index (κ2) is 6.39. The van der Waals surface area contributed by atoms with Crippen LogP contribution in [0.2, 0.25) is 5.02 Å². The molecule has 1 aliphatic rings. The fourth-order valence-corrected chi connectivity index (χ4v) is 2.58. The largest absolute Gasteiger partial charge is 0.315 e. The van der Waals surface area contributed by atoms with Crippen molar-refractivity contribution in [2.45, 2.75) is 25.8 Å². The fraction of sp³-hybridized carbons (Fsp3) is 0.571. The molecule has 1 aromatic carbocycles. The van der Waals surface area contributed by atoms with Gasteiger partial charge in [-0.05, 0) is 50.6 Å². The van der Waals surface area contributed by atoms with Crippen LogP contribution >= 0.6 is 11.6 Å². The number of benzene rings is 1. The van der Waals surface area contributed by atoms with Crippen molar-refractivity contribution in [3.8, 4) is 0 Å². The van der Waals surface area contributed by atoms with E-state index >= 15 is 0 Å². The van der Waals surface area contributed by atoms with E-state index in [1.807, 2.05) is 12.1 Å². The summed E-state index contributed by atoms with van der Waals surface area (Å²) in [6, 6.07) is 8.83. The van der Waals surface area contributed by atoms with Gasteiger partial charge in [0, 0.05) is 24.2 Å². The van der Waals surface area contributed by atoms with Gasteiger partial charge in [-0.1, -0.05) is 23.7 Å². The predicted octanol–water partition coefficient (Wildman–Crippen LogP) is 2.57. The molecular formula is C14H21ClN2. The van der Waals surface area contributed by atoms with Crippen LogP contribution in [0.5, 0.6) is 0 Å². The summed E-state index contributed by atoms with van der Waals surface area (Å²) < 4.78 is 0. The van der Waals surface area contributed by atoms with Gasteiger partial charge in [-0.25, -0.2) is 0 Å². The van der Waals surface area contributed by atoms with Crippen LogP contribution in [0.15, 0.2) is 24.3 Å². The zero-order valence-electron chi connectivity index (χ0n) is 10.5. The fourth-order valence-electron chi connectivity index (χ4n) is 2.36. The lowest BCUT2D eigenvalue weighted by atomic mass is 10.1. The molecule has 2 rings (SSSR count). The molecule has 0 saturated carbocycles. The van der Waals surface area contributed by atoms with Gasteiger partial charge in [0.1, 0.15) is 0 Å². The Kier molecular flexibility index (Phi) is 4.84. The molecule has 0 spiro atoms. The molecule has 0 aliphatic carbocycles. The van der Waals surface area contributed by atoms with Crippen molar-refractivity contribution >= 4 is 11.6 Å². The third-order valence-electron chi connectivity index (χ3n) is 3.44. The summed E-state index contributed by atoms with van der Waals surface area (Å²) in [5.74, 6) is 0. The lowest BCUT2D eigenvalue weighted by Gasteiger charge is -2.26. The van der Waals surface area contributed by atoms with Crippen LogP contribution in [0.25, 0.3) is 0 Å². The average molecular weight is 253 g/mol. The van der Waals surface area contributed by atoms with E-state index in [2.05, 4.69) is 29.3 Å². The van der Waals surface area contributed by atoms with Crippen LogP contribution in [0.4, 0.5) is 0 Å². The van der Waals surface area contributed by atoms with Crippen molar-refractivity contribution in [1.82, 2.24) is 10.2 Å². The van der Waals surface area contributed by atoms with Gasteiger partial charge in [0.25, 0.3) is 0 Å². The summed E-state index contributed by atoms with van der Waals surface area (Å²) in [6.45, 7) is 6.89. The molecule has 1 N–H and O–H groups in total. The first-order valence-electron chi connectivity index (χ1n) is 6.45. The minimum absolute atomic E-state index is 0.636. The molecule has 0 amide bonds. The summed E-state index contributed by atoms with van der Waals surface area (Å²) >= 11 is 6.00. The average Bonchev–Trinajstić information content (AvgIpc) is 2.52. The van der Waals surface area contributed by atoms with Crippen molar-refractivity contribution in [1.29, 1.82) is 0 Å². The van der Waals surface area contributed by atoms with Crippen molar-refractivity contribution in [2.75, 3.05) is 26.2 Å². The monoisotopic (exact) mass is 252 g/mol. The van der Waals surface area contributed by atoms with Crippen molar-refractivity contribution < 1.29 is 0 Å². The minimum Gasteiger partial charge on any atom is -0.315 e. The standard InChI is InChI=1S/C14H21ClN2/c1-12-11-16-7-3-8-17(12)9-6-13-4-2-5-14(15)10-13/h2,4-5,10,12,16H,3,6-9,11H2,1H3. The van der Waals surface area contributed by atoms with Crippen molar-refractivity contribution in [2.24, 2.45) is 0 Å². The first kappa shape index (κ1) is 12.9. The first-order valence-corrected chi connectivity index (χ1v) is 6.83. The smallest absolute Gasteiger partial charge is 0.0408 e. The van der Waals surface area contributed by atoms with Gasteiger partial charge in [-0.2, -0.15) is 0 Å². The van der Waals surface area contributed by atoms with Crippen LogP contribution in [0, 0.1) is 0 Å². The van der Waals surface area contributed by atoms with Gasteiger partial charge in [0.2, 0.25) is 0 Å². The summed E-state index contributed by atoms with van der Waals surface area (Å²) in [5.41, 5.74) is 1.34. The molecule has 0 radical (unpaired) electrons. The van der Waals surface area contributed by atoms with Gasteiger partial charge >= 0.3 is 0 Å². The molecule has 1 heterocycles. The van der Waals surface area contributed by atoms with E-state index in [4.69, 9.17) is 11.6 Å². The molecule has 1 aromatic rings. The highest BCUT2D eigenvalue weighted by Crippen LogP contribution is 2.12. The lowest BCUT2D eigenvalue weighted by Crippen LogP contribution is -2.38. The lowest BCUT2D eigenvalue weighted by molar-refractivity contribution is 0.225. The van der Waals surface area contributed by atoms with E-state index in [9.17, 15) is 0 Å². The van der Waals surface area contributed by atoms with Gasteiger partial charge in [-0.3, -0.25) is 4.90 Å². The summed E-state index contributed by atoms with van der Waals surface area (Å²) in [5, 5.41) is 4.31. The van der Waals surface area contributed by atoms with E-state index in [-0.39, 0.29) is 0 Å². The summed E-state index contributed by atoms with van der Waals surface area (Å²) in [4.78, 5) is 2.57. The quantitative estimate of drug-likeness (QED) is 0.890. The highest BCUT2D eigenvalue weighted by Gasteiger charge is 2.15. The van der Waals surface area contributed by atoms with Gasteiger partial charge in [0.15, 0.2) is 0 Å². The van der Waals surface area contributed by atoms with Crippen LogP contribution in [0.1, 0.15) is 18.9 Å². The van der Waals surface area contributed by atoms with E-state index in [0.29, 0.717) is 6.04 Å². The van der Waals surface area contributed by atoms with Crippen LogP contribution < -0.4 is 5.32 Å². The molecular weight excluding hydrogens is 232 g/mol.